The summed E-state index contributed by atoms with van der Waals surface area (Å²) in [5, 5.41) is 3.01. The number of hydrogen-bond donors (Lipinski definition) is 3. The first-order chi connectivity index (χ1) is 12.2. The first-order valence-electron chi connectivity index (χ1n) is 7.55. The minimum atomic E-state index is -2.08. The van der Waals surface area contributed by atoms with Crippen LogP contribution in [0.3, 0.4) is 0 Å². The average Bonchev–Trinajstić information content (AvgIpc) is 2.58. The van der Waals surface area contributed by atoms with Crippen molar-refractivity contribution in [2.45, 2.75) is 3.79 Å². The topological polar surface area (TPSA) is 99.8 Å². The Labute approximate surface area is 166 Å². The molecule has 0 aliphatic rings. The van der Waals surface area contributed by atoms with Crippen LogP contribution in [0.15, 0.2) is 71.9 Å². The number of allylic oxidation sites excluding steroid dienone is 1. The van der Waals surface area contributed by atoms with E-state index in [1.54, 1.807) is 0 Å². The highest BCUT2D eigenvalue weighted by Gasteiger charge is 2.37. The molecule has 0 aliphatic heterocycles. The van der Waals surface area contributed by atoms with Crippen molar-refractivity contribution in [2.75, 3.05) is 0 Å². The number of alkyl halides is 3. The smallest absolute Gasteiger partial charge is 0.348 e. The second-order valence-corrected chi connectivity index (χ2v) is 7.72. The number of benzene rings is 2. The fourth-order valence-electron chi connectivity index (χ4n) is 2.49. The molecular weight excluding hydrogens is 395 g/mol. The Bertz CT molecular complexity index is 769. The van der Waals surface area contributed by atoms with Crippen molar-refractivity contribution in [3.8, 4) is 0 Å². The number of hydrogen-bond acceptors (Lipinski definition) is 3. The van der Waals surface area contributed by atoms with Crippen LogP contribution in [0.2, 0.25) is 0 Å². The number of primary amides is 1. The average molecular weight is 412 g/mol. The second kappa shape index (κ2) is 8.60. The Morgan fingerprint density at radius 3 is 1.65 bits per heavy atom. The number of rotatable bonds is 6. The van der Waals surface area contributed by atoms with Crippen molar-refractivity contribution in [1.82, 2.24) is 5.23 Å². The van der Waals surface area contributed by atoms with E-state index in [1.807, 2.05) is 60.7 Å². The zero-order chi connectivity index (χ0) is 19.3. The molecule has 0 saturated carbocycles. The molecule has 134 valence electrons. The van der Waals surface area contributed by atoms with Crippen LogP contribution >= 0.6 is 34.8 Å². The summed E-state index contributed by atoms with van der Waals surface area (Å²) in [6.07, 6.45) is 0. The Morgan fingerprint density at radius 1 is 0.923 bits per heavy atom. The quantitative estimate of drug-likeness (QED) is 0.209. The van der Waals surface area contributed by atoms with Crippen molar-refractivity contribution in [1.29, 1.82) is 0 Å². The molecule has 0 heterocycles. The largest absolute Gasteiger partial charge is 0.419 e. The second-order valence-electron chi connectivity index (χ2n) is 5.43. The molecule has 0 spiro atoms. The van der Waals surface area contributed by atoms with Crippen molar-refractivity contribution in [3.63, 3.8) is 0 Å². The maximum atomic E-state index is 11.8. The third-order valence-corrected chi connectivity index (χ3v) is 4.18. The SMILES string of the molecule is NC(=O)/C(C([NH3+])=O)=C(/NB(c1ccccc1)c1ccccc1)C(Cl)(Cl)Cl. The Hall–Kier alpha value is -1.99. The van der Waals surface area contributed by atoms with Crippen LogP contribution in [0.25, 0.3) is 0 Å². The summed E-state index contributed by atoms with van der Waals surface area (Å²) in [5.74, 6) is -1.87. The van der Waals surface area contributed by atoms with E-state index < -0.39 is 28.0 Å². The summed E-state index contributed by atoms with van der Waals surface area (Å²) in [6, 6.07) is 18.6. The Morgan fingerprint density at radius 2 is 1.35 bits per heavy atom. The molecule has 6 N–H and O–H groups in total. The highest BCUT2D eigenvalue weighted by atomic mass is 35.6. The molecule has 0 atom stereocenters. The molecule has 2 rings (SSSR count). The molecule has 0 aliphatic carbocycles. The molecule has 0 radical (unpaired) electrons. The summed E-state index contributed by atoms with van der Waals surface area (Å²) >= 11 is 18.1. The molecule has 9 heteroatoms. The lowest BCUT2D eigenvalue weighted by atomic mass is 9.50. The monoisotopic (exact) mass is 410 g/mol. The third kappa shape index (κ3) is 5.02. The first kappa shape index (κ1) is 20.3. The molecular formula is C17H16BCl3N3O2+. The molecule has 0 saturated heterocycles. The van der Waals surface area contributed by atoms with Gasteiger partial charge >= 0.3 is 12.8 Å². The Kier molecular flexibility index (Phi) is 6.72. The van der Waals surface area contributed by atoms with Crippen LogP contribution in [-0.2, 0) is 9.59 Å². The number of carbonyl (C=O) groups excluding carboxylic acids is 2. The van der Waals surface area contributed by atoms with E-state index in [0.717, 1.165) is 10.9 Å². The van der Waals surface area contributed by atoms with Gasteiger partial charge in [0.2, 0.25) is 3.79 Å². The molecule has 2 aromatic carbocycles. The van der Waals surface area contributed by atoms with Gasteiger partial charge in [-0.1, -0.05) is 106 Å². The minimum absolute atomic E-state index is 0.215. The van der Waals surface area contributed by atoms with Crippen LogP contribution < -0.4 is 27.6 Å². The van der Waals surface area contributed by atoms with Gasteiger partial charge < -0.3 is 11.0 Å². The molecule has 2 amide bonds. The van der Waals surface area contributed by atoms with Gasteiger partial charge in [0.05, 0.1) is 5.70 Å². The van der Waals surface area contributed by atoms with Crippen molar-refractivity contribution < 1.29 is 15.3 Å². The van der Waals surface area contributed by atoms with Crippen LogP contribution in [0.4, 0.5) is 0 Å². The lowest BCUT2D eigenvalue weighted by Gasteiger charge is -2.25. The third-order valence-electron chi connectivity index (χ3n) is 3.61. The van der Waals surface area contributed by atoms with Crippen molar-refractivity contribution >= 4 is 64.4 Å². The molecule has 0 fully saturated rings. The van der Waals surface area contributed by atoms with Crippen LogP contribution in [0.1, 0.15) is 0 Å². The van der Waals surface area contributed by atoms with Gasteiger partial charge in [0, 0.05) is 0 Å². The molecule has 26 heavy (non-hydrogen) atoms. The first-order valence-corrected chi connectivity index (χ1v) is 8.69. The molecule has 2 aromatic rings. The van der Waals surface area contributed by atoms with Crippen molar-refractivity contribution in [2.24, 2.45) is 5.73 Å². The van der Waals surface area contributed by atoms with Crippen LogP contribution in [0, 0.1) is 0 Å². The van der Waals surface area contributed by atoms with E-state index in [0.29, 0.717) is 0 Å². The van der Waals surface area contributed by atoms with Gasteiger partial charge in [-0.05, 0) is 0 Å². The summed E-state index contributed by atoms with van der Waals surface area (Å²) in [7, 11) is 0. The van der Waals surface area contributed by atoms with E-state index in [1.165, 1.54) is 0 Å². The summed E-state index contributed by atoms with van der Waals surface area (Å²) in [6.45, 7) is -0.489. The number of amides is 2. The maximum Gasteiger partial charge on any atom is 0.348 e. The summed E-state index contributed by atoms with van der Waals surface area (Å²) in [5.41, 5.74) is 9.53. The number of carbonyl (C=O) groups is 2. The van der Waals surface area contributed by atoms with E-state index in [-0.39, 0.29) is 5.70 Å². The predicted octanol–water partition coefficient (Wildman–Crippen LogP) is 0.260. The zero-order valence-corrected chi connectivity index (χ0v) is 15.9. The van der Waals surface area contributed by atoms with Crippen LogP contribution in [-0.4, -0.2) is 22.5 Å². The van der Waals surface area contributed by atoms with E-state index >= 15 is 0 Å². The normalized spacial score (nSPS) is 12.2. The van der Waals surface area contributed by atoms with E-state index in [4.69, 9.17) is 40.5 Å². The van der Waals surface area contributed by atoms with Gasteiger partial charge in [-0.2, -0.15) is 0 Å². The minimum Gasteiger partial charge on any atom is -0.419 e. The summed E-state index contributed by atoms with van der Waals surface area (Å²) < 4.78 is -2.08. The van der Waals surface area contributed by atoms with Gasteiger partial charge in [-0.15, -0.1) is 0 Å². The predicted molar refractivity (Wildman–Crippen MR) is 105 cm³/mol. The van der Waals surface area contributed by atoms with Crippen LogP contribution in [0.5, 0.6) is 0 Å². The van der Waals surface area contributed by atoms with E-state index in [9.17, 15) is 9.59 Å². The molecule has 0 aromatic heterocycles. The highest BCUT2D eigenvalue weighted by molar-refractivity contribution is 6.84. The lowest BCUT2D eigenvalue weighted by Crippen LogP contribution is -2.62. The lowest BCUT2D eigenvalue weighted by molar-refractivity contribution is -0.298. The molecule has 5 nitrogen and oxygen atoms in total. The van der Waals surface area contributed by atoms with Gasteiger partial charge in [-0.3, -0.25) is 10.5 Å². The molecule has 0 unspecified atom stereocenters. The number of halogens is 3. The maximum absolute atomic E-state index is 11.8. The number of nitrogens with one attached hydrogen (secondary N) is 1. The fraction of sp³-hybridized carbons (Fsp3) is 0.0588. The van der Waals surface area contributed by atoms with Gasteiger partial charge in [0.1, 0.15) is 0 Å². The van der Waals surface area contributed by atoms with Gasteiger partial charge in [0.15, 0.2) is 5.57 Å². The van der Waals surface area contributed by atoms with E-state index in [2.05, 4.69) is 11.0 Å². The highest BCUT2D eigenvalue weighted by Crippen LogP contribution is 2.34. The van der Waals surface area contributed by atoms with Gasteiger partial charge in [-0.25, -0.2) is 4.79 Å². The zero-order valence-electron chi connectivity index (χ0n) is 13.6. The molecule has 0 bridgehead atoms. The van der Waals surface area contributed by atoms with Crippen molar-refractivity contribution in [3.05, 3.63) is 71.9 Å². The summed E-state index contributed by atoms with van der Waals surface area (Å²) in [4.78, 5) is 23.6. The number of nitrogens with two attached hydrogens (primary N) is 1. The Balaban J connectivity index is 2.63. The standard InChI is InChI=1S/C17H15BCl3N3O2/c19-17(20,21)14(13(15(22)25)16(23)26)24-18(11-7-3-1-4-8-11)12-9-5-2-6-10-12/h1-10,24H,(H2,22,25)(H2,23,26)/p+1. The number of quaternary nitrogens is 1. The van der Waals surface area contributed by atoms with Gasteiger partial charge in [0.25, 0.3) is 5.91 Å². The fourth-order valence-corrected chi connectivity index (χ4v) is 2.94.